The first-order valence-electron chi connectivity index (χ1n) is 9.71. The van der Waals surface area contributed by atoms with E-state index >= 15 is 0 Å². The second-order valence-electron chi connectivity index (χ2n) is 7.42. The van der Waals surface area contributed by atoms with Gasteiger partial charge in [0.1, 0.15) is 12.1 Å². The van der Waals surface area contributed by atoms with Crippen molar-refractivity contribution < 1.29 is 0 Å². The Morgan fingerprint density at radius 3 is 3.04 bits per heavy atom. The maximum atomic E-state index is 12.6. The summed E-state index contributed by atoms with van der Waals surface area (Å²) in [7, 11) is 0. The van der Waals surface area contributed by atoms with Gasteiger partial charge in [-0.15, -0.1) is 0 Å². The zero-order valence-electron chi connectivity index (χ0n) is 15.2. The van der Waals surface area contributed by atoms with Crippen LogP contribution in [0.25, 0.3) is 10.9 Å². The van der Waals surface area contributed by atoms with Crippen LogP contribution in [0, 0.1) is 0 Å². The van der Waals surface area contributed by atoms with Crippen molar-refractivity contribution in [2.24, 2.45) is 0 Å². The van der Waals surface area contributed by atoms with Crippen LogP contribution in [0.1, 0.15) is 36.9 Å². The molecule has 7 heteroatoms. The quantitative estimate of drug-likeness (QED) is 0.710. The summed E-state index contributed by atoms with van der Waals surface area (Å²) in [5, 5.41) is 5.71. The van der Waals surface area contributed by atoms with Crippen LogP contribution in [0.15, 0.2) is 35.6 Å². The van der Waals surface area contributed by atoms with E-state index in [-0.39, 0.29) is 11.6 Å². The molecule has 0 N–H and O–H groups in total. The number of rotatable bonds is 3. The van der Waals surface area contributed by atoms with E-state index in [1.165, 1.54) is 0 Å². The number of fused-ring (bicyclic) bond motifs is 2. The molecule has 3 aromatic rings. The van der Waals surface area contributed by atoms with E-state index in [4.69, 9.17) is 5.10 Å². The third kappa shape index (κ3) is 2.97. The van der Waals surface area contributed by atoms with Gasteiger partial charge in [0, 0.05) is 24.2 Å². The normalized spacial score (nSPS) is 19.4. The fraction of sp³-hybridized carbons (Fsp3) is 0.450. The molecule has 0 amide bonds. The monoisotopic (exact) mass is 362 g/mol. The molecule has 7 nitrogen and oxygen atoms in total. The molecule has 0 saturated carbocycles. The Labute approximate surface area is 157 Å². The Kier molecular flexibility index (Phi) is 4.07. The van der Waals surface area contributed by atoms with E-state index in [0.717, 1.165) is 73.0 Å². The van der Waals surface area contributed by atoms with Gasteiger partial charge in [-0.25, -0.2) is 14.6 Å². The molecule has 1 atom stereocenters. The molecule has 27 heavy (non-hydrogen) atoms. The van der Waals surface area contributed by atoms with Crippen molar-refractivity contribution in [1.29, 1.82) is 0 Å². The van der Waals surface area contributed by atoms with Crippen molar-refractivity contribution in [3.05, 3.63) is 52.5 Å². The molecule has 0 spiro atoms. The zero-order valence-corrected chi connectivity index (χ0v) is 15.2. The molecule has 2 aliphatic rings. The van der Waals surface area contributed by atoms with Gasteiger partial charge in [0.15, 0.2) is 0 Å². The van der Waals surface area contributed by atoms with Crippen LogP contribution in [-0.2, 0) is 19.4 Å². The summed E-state index contributed by atoms with van der Waals surface area (Å²) >= 11 is 0. The van der Waals surface area contributed by atoms with Crippen molar-refractivity contribution in [3.8, 4) is 0 Å². The summed E-state index contributed by atoms with van der Waals surface area (Å²) in [5.41, 5.74) is 3.10. The second-order valence-corrected chi connectivity index (χ2v) is 7.42. The second kappa shape index (κ2) is 6.72. The van der Waals surface area contributed by atoms with Crippen LogP contribution < -0.4 is 10.5 Å². The fourth-order valence-corrected chi connectivity index (χ4v) is 4.36. The van der Waals surface area contributed by atoms with Crippen LogP contribution in [0.3, 0.4) is 0 Å². The van der Waals surface area contributed by atoms with E-state index in [9.17, 15) is 4.79 Å². The van der Waals surface area contributed by atoms with Crippen molar-refractivity contribution in [1.82, 2.24) is 24.7 Å². The first kappa shape index (κ1) is 16.4. The largest absolute Gasteiger partial charge is 0.351 e. The van der Waals surface area contributed by atoms with Crippen molar-refractivity contribution in [2.75, 3.05) is 11.4 Å². The lowest BCUT2D eigenvalue weighted by Crippen LogP contribution is -2.38. The lowest BCUT2D eigenvalue weighted by atomic mass is 9.97. The maximum Gasteiger partial charge on any atom is 0.267 e. The first-order valence-corrected chi connectivity index (χ1v) is 9.71. The SMILES string of the molecule is O=c1cc2c(nn1CC1CCCN1c1ncnc3cnccc13)CCCC2. The first-order chi connectivity index (χ1) is 13.3. The van der Waals surface area contributed by atoms with Gasteiger partial charge in [-0.05, 0) is 50.2 Å². The van der Waals surface area contributed by atoms with Gasteiger partial charge in [-0.3, -0.25) is 9.78 Å². The summed E-state index contributed by atoms with van der Waals surface area (Å²) in [5.74, 6) is 0.927. The van der Waals surface area contributed by atoms with Crippen LogP contribution in [0.5, 0.6) is 0 Å². The van der Waals surface area contributed by atoms with E-state index in [0.29, 0.717) is 6.54 Å². The fourth-order valence-electron chi connectivity index (χ4n) is 4.36. The summed E-state index contributed by atoms with van der Waals surface area (Å²) < 4.78 is 1.66. The summed E-state index contributed by atoms with van der Waals surface area (Å²) in [4.78, 5) is 27.9. The lowest BCUT2D eigenvalue weighted by Gasteiger charge is -2.27. The molecule has 1 fully saturated rings. The van der Waals surface area contributed by atoms with Gasteiger partial charge >= 0.3 is 0 Å². The Bertz CT molecular complexity index is 1040. The molecule has 1 unspecified atom stereocenters. The number of aromatic nitrogens is 5. The lowest BCUT2D eigenvalue weighted by molar-refractivity contribution is 0.472. The molecule has 0 aromatic carbocycles. The van der Waals surface area contributed by atoms with Crippen molar-refractivity contribution >= 4 is 16.7 Å². The third-order valence-corrected chi connectivity index (χ3v) is 5.72. The number of hydrogen-bond donors (Lipinski definition) is 0. The summed E-state index contributed by atoms with van der Waals surface area (Å²) in [6.45, 7) is 1.53. The Morgan fingerprint density at radius 1 is 1.15 bits per heavy atom. The Balaban J connectivity index is 1.48. The summed E-state index contributed by atoms with van der Waals surface area (Å²) in [6.07, 6.45) is 11.5. The number of pyridine rings is 1. The van der Waals surface area contributed by atoms with Crippen LogP contribution in [0.4, 0.5) is 5.82 Å². The number of nitrogens with zero attached hydrogens (tertiary/aromatic N) is 6. The maximum absolute atomic E-state index is 12.6. The van der Waals surface area contributed by atoms with Gasteiger partial charge in [-0.1, -0.05) is 0 Å². The standard InChI is InChI=1S/C20H22N6O/c27-19-10-14-4-1-2-6-17(14)24-26(19)12-15-5-3-9-25(15)20-16-7-8-21-11-18(16)22-13-23-20/h7-8,10-11,13,15H,1-6,9,12H2. The molecule has 0 bridgehead atoms. The van der Waals surface area contributed by atoms with Gasteiger partial charge in [-0.2, -0.15) is 5.10 Å². The summed E-state index contributed by atoms with van der Waals surface area (Å²) in [6, 6.07) is 3.97. The Hall–Kier alpha value is -2.83. The molecular weight excluding hydrogens is 340 g/mol. The van der Waals surface area contributed by atoms with Crippen molar-refractivity contribution in [2.45, 2.75) is 51.1 Å². The zero-order chi connectivity index (χ0) is 18.2. The third-order valence-electron chi connectivity index (χ3n) is 5.72. The van der Waals surface area contributed by atoms with Gasteiger partial charge < -0.3 is 4.90 Å². The average molecular weight is 362 g/mol. The van der Waals surface area contributed by atoms with Gasteiger partial charge in [0.05, 0.1) is 30.0 Å². The highest BCUT2D eigenvalue weighted by Crippen LogP contribution is 2.29. The minimum Gasteiger partial charge on any atom is -0.351 e. The molecule has 4 heterocycles. The van der Waals surface area contributed by atoms with Crippen molar-refractivity contribution in [3.63, 3.8) is 0 Å². The molecule has 5 rings (SSSR count). The van der Waals surface area contributed by atoms with E-state index in [2.05, 4.69) is 19.9 Å². The van der Waals surface area contributed by atoms with Gasteiger partial charge in [0.25, 0.3) is 5.56 Å². The number of aryl methyl sites for hydroxylation is 2. The van der Waals surface area contributed by atoms with Gasteiger partial charge in [0.2, 0.25) is 0 Å². The topological polar surface area (TPSA) is 76.8 Å². The predicted octanol–water partition coefficient (Wildman–Crippen LogP) is 2.13. The highest BCUT2D eigenvalue weighted by atomic mass is 16.1. The molecule has 3 aromatic heterocycles. The highest BCUT2D eigenvalue weighted by molar-refractivity contribution is 5.88. The molecule has 1 aliphatic carbocycles. The number of hydrogen-bond acceptors (Lipinski definition) is 6. The molecule has 1 saturated heterocycles. The molecule has 1 aliphatic heterocycles. The minimum absolute atomic E-state index is 0.0132. The highest BCUT2D eigenvalue weighted by Gasteiger charge is 2.28. The van der Waals surface area contributed by atoms with E-state index < -0.39 is 0 Å². The number of anilines is 1. The van der Waals surface area contributed by atoms with E-state index in [1.54, 1.807) is 29.5 Å². The average Bonchev–Trinajstić information content (AvgIpc) is 3.16. The predicted molar refractivity (Wildman–Crippen MR) is 103 cm³/mol. The van der Waals surface area contributed by atoms with Crippen LogP contribution >= 0.6 is 0 Å². The van der Waals surface area contributed by atoms with Crippen LogP contribution in [-0.4, -0.2) is 37.3 Å². The molecular formula is C20H22N6O. The molecule has 138 valence electrons. The molecule has 0 radical (unpaired) electrons. The minimum atomic E-state index is 0.0132. The van der Waals surface area contributed by atoms with Crippen LogP contribution in [0.2, 0.25) is 0 Å². The Morgan fingerprint density at radius 2 is 2.07 bits per heavy atom. The van der Waals surface area contributed by atoms with E-state index in [1.807, 2.05) is 6.07 Å². The smallest absolute Gasteiger partial charge is 0.267 e.